The van der Waals surface area contributed by atoms with Gasteiger partial charge in [-0.2, -0.15) is 0 Å². The van der Waals surface area contributed by atoms with Crippen LogP contribution in [0.3, 0.4) is 0 Å². The van der Waals surface area contributed by atoms with Crippen LogP contribution in [0.2, 0.25) is 0 Å². The van der Waals surface area contributed by atoms with E-state index in [0.717, 1.165) is 50.1 Å². The van der Waals surface area contributed by atoms with Gasteiger partial charge in [0.15, 0.2) is 25.2 Å². The first kappa shape index (κ1) is 80.8. The van der Waals surface area contributed by atoms with Crippen LogP contribution >= 0.6 is 0 Å². The third kappa shape index (κ3) is 23.4. The van der Waals surface area contributed by atoms with Gasteiger partial charge in [0.25, 0.3) is 0 Å². The van der Waals surface area contributed by atoms with Gasteiger partial charge in [-0.25, -0.2) is 0 Å². The highest BCUT2D eigenvalue weighted by Gasteiger charge is 2.54. The van der Waals surface area contributed by atoms with Crippen molar-refractivity contribution in [1.82, 2.24) is 0 Å². The summed E-state index contributed by atoms with van der Waals surface area (Å²) < 4.78 is 98.6. The molecule has 4 saturated heterocycles. The zero-order valence-corrected chi connectivity index (χ0v) is 62.7. The van der Waals surface area contributed by atoms with Crippen molar-refractivity contribution in [2.24, 2.45) is 11.8 Å². The van der Waals surface area contributed by atoms with Gasteiger partial charge < -0.3 is 86.4 Å². The van der Waals surface area contributed by atoms with E-state index in [-0.39, 0.29) is 45.6 Å². The summed E-state index contributed by atoms with van der Waals surface area (Å²) in [6.45, 7) is 11.1. The molecule has 13 rings (SSSR count). The molecule has 3 N–H and O–H groups in total. The number of aliphatic hydroxyl groups is 3. The lowest BCUT2D eigenvalue weighted by molar-refractivity contribution is -0.380. The Hall–Kier alpha value is -7.74. The molecule has 0 spiro atoms. The second-order valence-corrected chi connectivity index (χ2v) is 28.3. The average molecular weight is 1490 g/mol. The van der Waals surface area contributed by atoms with Gasteiger partial charge in [-0.3, -0.25) is 0 Å². The summed E-state index contributed by atoms with van der Waals surface area (Å²) in [4.78, 5) is 0. The van der Waals surface area contributed by atoms with E-state index in [4.69, 9.17) is 71.1 Å². The van der Waals surface area contributed by atoms with Gasteiger partial charge in [-0.05, 0) is 62.9 Å². The molecule has 4 heterocycles. The quantitative estimate of drug-likeness (QED) is 0.0338. The van der Waals surface area contributed by atoms with Crippen LogP contribution in [-0.4, -0.2) is 139 Å². The standard InChI is InChI=1S/C49H56O9.C42H50O9/c1-3-41-43(50)46(54-32-39-25-15-7-16-26-39)47(55-33-40-27-17-8-18-28-40)49(56-41)58-48-35(2)44(52-30-37-21-11-5-12-22-37)45(53-31-38-23-13-6-14-24-38)42(57-48)34-51-29-36-19-9-4-10-20-36;1-3-34-36(43)39(47-26-32-20-12-6-13-21-32)40(48-27-33-22-14-7-15-23-33)42(49-34)51-41-29(2)38(46-25-31-18-10-5-11-19-31)37(44)35(50-41)28-45-24-30-16-8-4-9-17-30/h4-28,35,41-50H,3,29-34H2,1-2H3;4-23,29,34-44H,3,24-28H2,1-2H3/t35?,41?,42-,43-,44?,45-,46+,47?,48-,49-;29?,34?,35-,36-,37-,38?,39+,40?,41-,42-/m11/s1. The molecule has 109 heavy (non-hydrogen) atoms. The Kier molecular flexibility index (Phi) is 31.6. The minimum Gasteiger partial charge on any atom is -0.388 e. The number of hydrogen-bond donors (Lipinski definition) is 3. The summed E-state index contributed by atoms with van der Waals surface area (Å²) >= 11 is 0. The molecule has 18 heteroatoms. The van der Waals surface area contributed by atoms with E-state index in [9.17, 15) is 15.3 Å². The van der Waals surface area contributed by atoms with E-state index in [0.29, 0.717) is 45.9 Å². The lowest BCUT2D eigenvalue weighted by Crippen LogP contribution is -2.63. The van der Waals surface area contributed by atoms with Crippen molar-refractivity contribution < 1.29 is 86.4 Å². The van der Waals surface area contributed by atoms with E-state index in [1.807, 2.05) is 282 Å². The van der Waals surface area contributed by atoms with E-state index < -0.39 is 117 Å². The second-order valence-electron chi connectivity index (χ2n) is 28.3. The van der Waals surface area contributed by atoms with E-state index >= 15 is 0 Å². The lowest BCUT2D eigenvalue weighted by atomic mass is 9.91. The molecule has 20 atom stereocenters. The van der Waals surface area contributed by atoms with Gasteiger partial charge in [0.05, 0.1) is 97.1 Å². The van der Waals surface area contributed by atoms with Crippen molar-refractivity contribution in [1.29, 1.82) is 0 Å². The molecule has 578 valence electrons. The van der Waals surface area contributed by atoms with Crippen LogP contribution in [-0.2, 0) is 131 Å². The SMILES string of the molecule is CCC1O[C@H](O[C@H]2O[C@H](COCc3ccccc3)[C@@H](O)C(OCc3ccccc3)C2C)C(OCc2ccccc2)[C@@H](OCc2ccccc2)[C@@H]1O.CCC1O[C@H](O[C@H]2O[C@H](COCc3ccccc3)[C@@H](OCc3ccccc3)C(OCc3ccccc3)C2C)C(OCc2ccccc2)[C@@H](OCc2ccccc2)[C@@H]1O. The summed E-state index contributed by atoms with van der Waals surface area (Å²) in [5.74, 6) is -0.744. The molecule has 9 aromatic carbocycles. The molecular formula is C91H106O18. The summed E-state index contributed by atoms with van der Waals surface area (Å²) in [7, 11) is 0. The molecule has 8 unspecified atom stereocenters. The Balaban J connectivity index is 0.000000205. The third-order valence-electron chi connectivity index (χ3n) is 20.3. The first-order valence-corrected chi connectivity index (χ1v) is 38.3. The van der Waals surface area contributed by atoms with Crippen molar-refractivity contribution in [2.75, 3.05) is 13.2 Å². The Morgan fingerprint density at radius 1 is 0.239 bits per heavy atom. The predicted molar refractivity (Wildman–Crippen MR) is 411 cm³/mol. The molecule has 0 radical (unpaired) electrons. The van der Waals surface area contributed by atoms with Crippen LogP contribution in [0.4, 0.5) is 0 Å². The van der Waals surface area contributed by atoms with Gasteiger partial charge in [0.2, 0.25) is 0 Å². The fourth-order valence-electron chi connectivity index (χ4n) is 14.2. The topological polar surface area (TPSA) is 199 Å². The van der Waals surface area contributed by atoms with Crippen LogP contribution in [0, 0.1) is 11.8 Å². The van der Waals surface area contributed by atoms with Crippen molar-refractivity contribution >= 4 is 0 Å². The lowest BCUT2D eigenvalue weighted by Gasteiger charge is -2.49. The molecule has 0 amide bonds. The van der Waals surface area contributed by atoms with E-state index in [1.54, 1.807) is 0 Å². The predicted octanol–water partition coefficient (Wildman–Crippen LogP) is 14.6. The zero-order valence-electron chi connectivity index (χ0n) is 62.7. The summed E-state index contributed by atoms with van der Waals surface area (Å²) in [6.07, 6.45) is -12.7. The molecule has 4 aliphatic heterocycles. The summed E-state index contributed by atoms with van der Waals surface area (Å²) in [5.41, 5.74) is 9.02. The van der Waals surface area contributed by atoms with Crippen LogP contribution in [0.15, 0.2) is 273 Å². The van der Waals surface area contributed by atoms with Gasteiger partial charge >= 0.3 is 0 Å². The van der Waals surface area contributed by atoms with Crippen molar-refractivity contribution in [3.63, 3.8) is 0 Å². The highest BCUT2D eigenvalue weighted by molar-refractivity contribution is 5.21. The van der Waals surface area contributed by atoms with E-state index in [2.05, 4.69) is 19.1 Å². The molecule has 0 aromatic heterocycles. The first-order valence-electron chi connectivity index (χ1n) is 38.3. The molecule has 0 saturated carbocycles. The fourth-order valence-corrected chi connectivity index (χ4v) is 14.2. The highest BCUT2D eigenvalue weighted by atomic mass is 16.8. The van der Waals surface area contributed by atoms with Gasteiger partial charge in [0.1, 0.15) is 61.0 Å². The monoisotopic (exact) mass is 1490 g/mol. The average Bonchev–Trinajstić information content (AvgIpc) is 0.786. The molecular weight excluding hydrogens is 1380 g/mol. The van der Waals surface area contributed by atoms with Crippen LogP contribution in [0.1, 0.15) is 90.6 Å². The molecule has 0 bridgehead atoms. The highest BCUT2D eigenvalue weighted by Crippen LogP contribution is 2.39. The molecule has 18 nitrogen and oxygen atoms in total. The maximum Gasteiger partial charge on any atom is 0.189 e. The maximum atomic E-state index is 11.7. The largest absolute Gasteiger partial charge is 0.388 e. The Morgan fingerprint density at radius 2 is 0.459 bits per heavy atom. The summed E-state index contributed by atoms with van der Waals surface area (Å²) in [5, 5.41) is 34.9. The van der Waals surface area contributed by atoms with Gasteiger partial charge in [-0.15, -0.1) is 0 Å². The molecule has 4 aliphatic rings. The van der Waals surface area contributed by atoms with Crippen LogP contribution < -0.4 is 0 Å². The normalized spacial score (nSPS) is 28.3. The fraction of sp³-hybridized carbons (Fsp3) is 0.407. The number of benzene rings is 9. The number of ether oxygens (including phenoxy) is 15. The minimum absolute atomic E-state index is 0.117. The van der Waals surface area contributed by atoms with Crippen LogP contribution in [0.5, 0.6) is 0 Å². The van der Waals surface area contributed by atoms with E-state index in [1.165, 1.54) is 0 Å². The number of hydrogen-bond acceptors (Lipinski definition) is 18. The Morgan fingerprint density at radius 3 is 0.761 bits per heavy atom. The van der Waals surface area contributed by atoms with Crippen LogP contribution in [0.25, 0.3) is 0 Å². The number of rotatable bonds is 35. The van der Waals surface area contributed by atoms with Crippen molar-refractivity contribution in [3.8, 4) is 0 Å². The van der Waals surface area contributed by atoms with Gasteiger partial charge in [0, 0.05) is 11.8 Å². The minimum atomic E-state index is -0.982. The molecule has 4 fully saturated rings. The van der Waals surface area contributed by atoms with Crippen molar-refractivity contribution in [2.45, 2.75) is 211 Å². The molecule has 0 aliphatic carbocycles. The van der Waals surface area contributed by atoms with Gasteiger partial charge in [-0.1, -0.05) is 301 Å². The Bertz CT molecular complexity index is 3920. The number of aliphatic hydroxyl groups excluding tert-OH is 3. The maximum absolute atomic E-state index is 11.7. The smallest absolute Gasteiger partial charge is 0.189 e. The summed E-state index contributed by atoms with van der Waals surface area (Å²) in [6, 6.07) is 89.4. The van der Waals surface area contributed by atoms with Crippen molar-refractivity contribution in [3.05, 3.63) is 323 Å². The second kappa shape index (κ2) is 42.6. The zero-order chi connectivity index (χ0) is 75.4. The molecule has 9 aromatic rings. The first-order chi connectivity index (χ1) is 53.5. The Labute approximate surface area is 641 Å². The third-order valence-corrected chi connectivity index (χ3v) is 20.3.